The van der Waals surface area contributed by atoms with Crippen molar-refractivity contribution in [3.8, 4) is 0 Å². The third-order valence-corrected chi connectivity index (χ3v) is 0. The molecule has 0 fully saturated rings. The fraction of sp³-hybridized carbons (Fsp3) is 0. The van der Waals surface area contributed by atoms with E-state index in [2.05, 4.69) is 30.5 Å². The Morgan fingerprint density at radius 2 is 0.857 bits per heavy atom. The Morgan fingerprint density at radius 1 is 0.857 bits per heavy atom. The van der Waals surface area contributed by atoms with Crippen molar-refractivity contribution in [2.45, 2.75) is 0 Å². The van der Waals surface area contributed by atoms with E-state index in [-0.39, 0.29) is 0 Å². The van der Waals surface area contributed by atoms with Crippen LogP contribution in [0, 0.1) is 17.0 Å². The third-order valence-electron chi connectivity index (χ3n) is 0. The SMILES string of the molecule is [F][U]([F])([Cl])([Cl])([Cl])[Cl]. The van der Waals surface area contributed by atoms with Crippen LogP contribution < -0.4 is 0 Å². The van der Waals surface area contributed by atoms with Gasteiger partial charge in [0.05, 0.1) is 0 Å². The average Bonchev–Trinajstić information content (AvgIpc) is 0.592. The normalized spacial score (nSPS) is 23.1. The summed E-state index contributed by atoms with van der Waals surface area (Å²) in [6, 6.07) is 0. The zero-order valence-corrected chi connectivity index (χ0v) is 9.96. The zero-order valence-electron chi connectivity index (χ0n) is 2.77. The minimum absolute atomic E-state index is 4.22. The van der Waals surface area contributed by atoms with Gasteiger partial charge in [-0.1, -0.05) is 0 Å². The first-order valence-corrected chi connectivity index (χ1v) is 24.7. The van der Waals surface area contributed by atoms with Crippen molar-refractivity contribution in [2.75, 3.05) is 0 Å². The fourth-order valence-corrected chi connectivity index (χ4v) is 0. The minimum atomic E-state index is -7.56. The number of halogens is 6. The molecular weight excluding hydrogens is 418 g/mol. The van der Waals surface area contributed by atoms with E-state index >= 15 is 0 Å². The van der Waals surface area contributed by atoms with Gasteiger partial charge in [0.15, 0.2) is 0 Å². The van der Waals surface area contributed by atoms with Crippen LogP contribution in [-0.4, -0.2) is 0 Å². The van der Waals surface area contributed by atoms with E-state index in [0.29, 0.717) is 0 Å². The van der Waals surface area contributed by atoms with Crippen LogP contribution in [0.4, 0.5) is 4.20 Å². The second kappa shape index (κ2) is 1.39. The van der Waals surface area contributed by atoms with E-state index in [4.69, 9.17) is 0 Å². The number of rotatable bonds is 0. The molecule has 7 heavy (non-hydrogen) atoms. The van der Waals surface area contributed by atoms with E-state index in [1.807, 2.05) is 0 Å². The van der Waals surface area contributed by atoms with Gasteiger partial charge in [-0.25, -0.2) is 0 Å². The molecule has 0 atom stereocenters. The molecule has 0 heterocycles. The standard InChI is InChI=1S/4ClH.2FH.U/h6*1H;/q;;;;;;+6/p-6. The predicted molar refractivity (Wildman–Crippen MR) is 25.6 cm³/mol. The van der Waals surface area contributed by atoms with Crippen molar-refractivity contribution in [2.24, 2.45) is 0 Å². The molecule has 7 heteroatoms. The monoisotopic (exact) mass is 416 g/mol. The van der Waals surface area contributed by atoms with Crippen molar-refractivity contribution in [3.63, 3.8) is 0 Å². The van der Waals surface area contributed by atoms with Gasteiger partial charge in [-0.05, 0) is 0 Å². The van der Waals surface area contributed by atoms with E-state index in [9.17, 15) is 4.20 Å². The molecule has 0 radical (unpaired) electrons. The van der Waals surface area contributed by atoms with Gasteiger partial charge in [0, 0.05) is 0 Å². The zero-order chi connectivity index (χ0) is 6.41. The van der Waals surface area contributed by atoms with Gasteiger partial charge in [0.25, 0.3) is 0 Å². The Labute approximate surface area is 50.9 Å². The van der Waals surface area contributed by atoms with Crippen LogP contribution in [0.2, 0.25) is 0 Å². The summed E-state index contributed by atoms with van der Waals surface area (Å²) >= 11 is -7.56. The molecule has 0 nitrogen and oxygen atoms in total. The van der Waals surface area contributed by atoms with Crippen molar-refractivity contribution in [3.05, 3.63) is 0 Å². The first-order valence-electron chi connectivity index (χ1n) is 1.13. The quantitative estimate of drug-likeness (QED) is 0.565. The summed E-state index contributed by atoms with van der Waals surface area (Å²) in [5, 5.41) is 0. The summed E-state index contributed by atoms with van der Waals surface area (Å²) in [5.41, 5.74) is 0. The van der Waals surface area contributed by atoms with Gasteiger partial charge in [0.2, 0.25) is 0 Å². The van der Waals surface area contributed by atoms with E-state index in [0.717, 1.165) is 0 Å². The Balaban J connectivity index is 4.43. The third kappa shape index (κ3) is 69.3. The summed E-state index contributed by atoms with van der Waals surface area (Å²) in [7, 11) is 16.9. The summed E-state index contributed by atoms with van der Waals surface area (Å²) in [6.07, 6.45) is 0. The summed E-state index contributed by atoms with van der Waals surface area (Å²) < 4.78 is 23.3. The molecule has 0 saturated carbocycles. The molecule has 0 aromatic rings. The number of hydrogen-bond donors (Lipinski definition) is 0. The molecule has 46 valence electrons. The molecule has 0 unspecified atom stereocenters. The van der Waals surface area contributed by atoms with Crippen LogP contribution in [0.5, 0.6) is 0 Å². The van der Waals surface area contributed by atoms with Gasteiger partial charge in [-0.15, -0.1) is 0 Å². The molecule has 0 aliphatic carbocycles. The molecule has 0 aliphatic heterocycles. The van der Waals surface area contributed by atoms with E-state index in [1.165, 1.54) is 0 Å². The van der Waals surface area contributed by atoms with Gasteiger partial charge in [-0.2, -0.15) is 0 Å². The van der Waals surface area contributed by atoms with Gasteiger partial charge in [-0.3, -0.25) is 0 Å². The summed E-state index contributed by atoms with van der Waals surface area (Å²) in [4.78, 5) is 0. The van der Waals surface area contributed by atoms with Crippen LogP contribution >= 0.6 is 30.5 Å². The molecule has 0 saturated heterocycles. The van der Waals surface area contributed by atoms with Crippen molar-refractivity contribution in [1.29, 1.82) is 0 Å². The van der Waals surface area contributed by atoms with Crippen LogP contribution in [0.15, 0.2) is 0 Å². The molecule has 0 bridgehead atoms. The van der Waals surface area contributed by atoms with Crippen LogP contribution in [-0.2, 0) is 0 Å². The molecule has 0 rings (SSSR count). The molecular formula is Cl4F2U. The van der Waals surface area contributed by atoms with E-state index < -0.39 is 17.0 Å². The van der Waals surface area contributed by atoms with E-state index in [1.54, 1.807) is 0 Å². The molecule has 0 aliphatic rings. The van der Waals surface area contributed by atoms with Crippen molar-refractivity contribution >= 4 is 30.5 Å². The summed E-state index contributed by atoms with van der Waals surface area (Å²) in [6.45, 7) is 0. The molecule has 0 aromatic heterocycles. The predicted octanol–water partition coefficient (Wildman–Crippen LogP) is 3.60. The van der Waals surface area contributed by atoms with Crippen LogP contribution in [0.25, 0.3) is 0 Å². The molecule has 0 aromatic carbocycles. The topological polar surface area (TPSA) is 0 Å². The molecule has 0 amide bonds. The molecule has 0 N–H and O–H groups in total. The summed E-state index contributed by atoms with van der Waals surface area (Å²) in [5.74, 6) is 0. The molecule has 0 spiro atoms. The fourth-order valence-electron chi connectivity index (χ4n) is 0. The Hall–Kier alpha value is 2.07. The van der Waals surface area contributed by atoms with Crippen LogP contribution in [0.3, 0.4) is 0 Å². The van der Waals surface area contributed by atoms with Crippen molar-refractivity contribution < 1.29 is 21.2 Å². The van der Waals surface area contributed by atoms with Gasteiger partial charge >= 0.3 is 51.7 Å². The first-order chi connectivity index (χ1) is 2.45. The van der Waals surface area contributed by atoms with Gasteiger partial charge in [0.1, 0.15) is 0 Å². The number of hydrogen-bond acceptors (Lipinski definition) is 0. The second-order valence-corrected chi connectivity index (χ2v) is 52.6. The van der Waals surface area contributed by atoms with Crippen molar-refractivity contribution in [1.82, 2.24) is 0 Å². The maximum absolute atomic E-state index is 11.7. The first kappa shape index (κ1) is 9.07. The Morgan fingerprint density at radius 3 is 0.857 bits per heavy atom. The Kier molecular flexibility index (Phi) is 1.80. The Bertz CT molecular complexity index is 68.3. The van der Waals surface area contributed by atoms with Gasteiger partial charge < -0.3 is 0 Å². The van der Waals surface area contributed by atoms with Crippen LogP contribution in [0.1, 0.15) is 0 Å². The second-order valence-electron chi connectivity index (χ2n) is 1.07. The average molecular weight is 418 g/mol. The maximum atomic E-state index is 11.7.